The smallest absolute Gasteiger partial charge is 0.131 e. The predicted octanol–water partition coefficient (Wildman–Crippen LogP) is 5.33. The van der Waals surface area contributed by atoms with Gasteiger partial charge in [-0.15, -0.1) is 12.4 Å². The van der Waals surface area contributed by atoms with E-state index in [9.17, 15) is 0 Å². The fourth-order valence-corrected chi connectivity index (χ4v) is 2.55. The highest BCUT2D eigenvalue weighted by Crippen LogP contribution is 2.26. The van der Waals surface area contributed by atoms with Crippen LogP contribution >= 0.6 is 12.4 Å². The lowest BCUT2D eigenvalue weighted by Crippen LogP contribution is -1.99. The van der Waals surface area contributed by atoms with Gasteiger partial charge in [0.05, 0.1) is 5.52 Å². The van der Waals surface area contributed by atoms with Crippen LogP contribution in [0.2, 0.25) is 0 Å². The Labute approximate surface area is 131 Å². The molecule has 3 heteroatoms. The topological polar surface area (TPSA) is 24.9 Å². The SMILES string of the molecule is Cc1cccc(C)c1Nc1cc(C)c2ccccc2n1.Cl. The summed E-state index contributed by atoms with van der Waals surface area (Å²) in [5.74, 6) is 0.901. The molecular formula is C18H19ClN2. The first-order valence-electron chi connectivity index (χ1n) is 6.85. The summed E-state index contributed by atoms with van der Waals surface area (Å²) in [4.78, 5) is 4.70. The van der Waals surface area contributed by atoms with E-state index in [4.69, 9.17) is 4.98 Å². The molecule has 1 aromatic heterocycles. The molecule has 0 atom stereocenters. The van der Waals surface area contributed by atoms with Crippen molar-refractivity contribution >= 4 is 34.8 Å². The fraction of sp³-hybridized carbons (Fsp3) is 0.167. The number of anilines is 2. The molecule has 0 amide bonds. The molecule has 0 unspecified atom stereocenters. The molecular weight excluding hydrogens is 280 g/mol. The molecule has 0 saturated carbocycles. The Morgan fingerprint density at radius 2 is 1.48 bits per heavy atom. The molecule has 2 nitrogen and oxygen atoms in total. The predicted molar refractivity (Wildman–Crippen MR) is 92.9 cm³/mol. The molecule has 1 heterocycles. The number of rotatable bonds is 2. The second-order valence-corrected chi connectivity index (χ2v) is 5.23. The zero-order chi connectivity index (χ0) is 14.1. The van der Waals surface area contributed by atoms with Crippen molar-refractivity contribution in [3.8, 4) is 0 Å². The van der Waals surface area contributed by atoms with E-state index < -0.39 is 0 Å². The summed E-state index contributed by atoms with van der Waals surface area (Å²) in [5.41, 5.74) is 5.88. The number of nitrogens with one attached hydrogen (secondary N) is 1. The molecule has 0 saturated heterocycles. The molecule has 0 bridgehead atoms. The minimum Gasteiger partial charge on any atom is -0.340 e. The highest BCUT2D eigenvalue weighted by Gasteiger charge is 2.06. The van der Waals surface area contributed by atoms with Crippen molar-refractivity contribution in [3.63, 3.8) is 0 Å². The van der Waals surface area contributed by atoms with Crippen LogP contribution in [0.15, 0.2) is 48.5 Å². The van der Waals surface area contributed by atoms with Crippen molar-refractivity contribution in [1.29, 1.82) is 0 Å². The lowest BCUT2D eigenvalue weighted by Gasteiger charge is -2.13. The normalized spacial score (nSPS) is 10.2. The summed E-state index contributed by atoms with van der Waals surface area (Å²) >= 11 is 0. The molecule has 0 aliphatic heterocycles. The summed E-state index contributed by atoms with van der Waals surface area (Å²) < 4.78 is 0. The number of aryl methyl sites for hydroxylation is 3. The summed E-state index contributed by atoms with van der Waals surface area (Å²) in [7, 11) is 0. The van der Waals surface area contributed by atoms with Crippen LogP contribution in [0.3, 0.4) is 0 Å². The number of hydrogen-bond donors (Lipinski definition) is 1. The molecule has 21 heavy (non-hydrogen) atoms. The third-order valence-electron chi connectivity index (χ3n) is 3.66. The van der Waals surface area contributed by atoms with Gasteiger partial charge in [0.2, 0.25) is 0 Å². The maximum Gasteiger partial charge on any atom is 0.131 e. The van der Waals surface area contributed by atoms with Gasteiger partial charge in [0.25, 0.3) is 0 Å². The Morgan fingerprint density at radius 1 is 0.810 bits per heavy atom. The number of nitrogens with zero attached hydrogens (tertiary/aromatic N) is 1. The van der Waals surface area contributed by atoms with Gasteiger partial charge >= 0.3 is 0 Å². The van der Waals surface area contributed by atoms with Crippen molar-refractivity contribution < 1.29 is 0 Å². The van der Waals surface area contributed by atoms with Gasteiger partial charge in [-0.25, -0.2) is 4.98 Å². The van der Waals surface area contributed by atoms with E-state index in [2.05, 4.69) is 68.6 Å². The second kappa shape index (κ2) is 6.15. The average molecular weight is 299 g/mol. The van der Waals surface area contributed by atoms with Crippen LogP contribution in [0.25, 0.3) is 10.9 Å². The Hall–Kier alpha value is -2.06. The molecule has 2 aromatic carbocycles. The average Bonchev–Trinajstić information content (AvgIpc) is 2.43. The molecule has 0 fully saturated rings. The largest absolute Gasteiger partial charge is 0.340 e. The Balaban J connectivity index is 0.00000161. The van der Waals surface area contributed by atoms with Gasteiger partial charge in [0, 0.05) is 11.1 Å². The van der Waals surface area contributed by atoms with E-state index >= 15 is 0 Å². The van der Waals surface area contributed by atoms with E-state index in [-0.39, 0.29) is 12.4 Å². The van der Waals surface area contributed by atoms with Gasteiger partial charge in [0.1, 0.15) is 5.82 Å². The third-order valence-corrected chi connectivity index (χ3v) is 3.66. The first-order valence-corrected chi connectivity index (χ1v) is 6.85. The van der Waals surface area contributed by atoms with Gasteiger partial charge in [-0.1, -0.05) is 36.4 Å². The number of halogens is 1. The lowest BCUT2D eigenvalue weighted by atomic mass is 10.1. The molecule has 0 aliphatic carbocycles. The van der Waals surface area contributed by atoms with Gasteiger partial charge < -0.3 is 5.32 Å². The second-order valence-electron chi connectivity index (χ2n) is 5.23. The number of hydrogen-bond acceptors (Lipinski definition) is 2. The maximum absolute atomic E-state index is 4.70. The zero-order valence-corrected chi connectivity index (χ0v) is 13.3. The minimum absolute atomic E-state index is 0. The van der Waals surface area contributed by atoms with Crippen molar-refractivity contribution in [2.75, 3.05) is 5.32 Å². The summed E-state index contributed by atoms with van der Waals surface area (Å²) in [6.07, 6.45) is 0. The van der Waals surface area contributed by atoms with Crippen molar-refractivity contribution in [2.45, 2.75) is 20.8 Å². The Morgan fingerprint density at radius 3 is 2.19 bits per heavy atom. The van der Waals surface area contributed by atoms with Crippen molar-refractivity contribution in [1.82, 2.24) is 4.98 Å². The molecule has 1 N–H and O–H groups in total. The van der Waals surface area contributed by atoms with Gasteiger partial charge in [0.15, 0.2) is 0 Å². The number of benzene rings is 2. The lowest BCUT2D eigenvalue weighted by molar-refractivity contribution is 1.30. The number of aromatic nitrogens is 1. The minimum atomic E-state index is 0. The van der Waals surface area contributed by atoms with Crippen LogP contribution in [-0.4, -0.2) is 4.98 Å². The molecule has 3 aromatic rings. The number of fused-ring (bicyclic) bond motifs is 1. The van der Waals surface area contributed by atoms with Gasteiger partial charge in [-0.05, 0) is 49.6 Å². The van der Waals surface area contributed by atoms with Crippen LogP contribution in [0.4, 0.5) is 11.5 Å². The zero-order valence-electron chi connectivity index (χ0n) is 12.5. The van der Waals surface area contributed by atoms with Crippen LogP contribution in [-0.2, 0) is 0 Å². The standard InChI is InChI=1S/C18H18N2.ClH/c1-12-7-6-8-13(2)18(12)20-17-11-14(3)15-9-4-5-10-16(15)19-17;/h4-11H,1-3H3,(H,19,20);1H. The fourth-order valence-electron chi connectivity index (χ4n) is 2.55. The molecule has 3 rings (SSSR count). The first-order chi connectivity index (χ1) is 9.65. The summed E-state index contributed by atoms with van der Waals surface area (Å²) in [6, 6.07) is 16.7. The molecule has 108 valence electrons. The monoisotopic (exact) mass is 298 g/mol. The molecule has 0 radical (unpaired) electrons. The van der Waals surface area contributed by atoms with E-state index in [0.29, 0.717) is 0 Å². The number of pyridine rings is 1. The van der Waals surface area contributed by atoms with E-state index in [1.165, 1.54) is 22.1 Å². The van der Waals surface area contributed by atoms with Crippen LogP contribution in [0.5, 0.6) is 0 Å². The van der Waals surface area contributed by atoms with Crippen molar-refractivity contribution in [2.24, 2.45) is 0 Å². The maximum atomic E-state index is 4.70. The van der Waals surface area contributed by atoms with Crippen molar-refractivity contribution in [3.05, 3.63) is 65.2 Å². The quantitative estimate of drug-likeness (QED) is 0.692. The van der Waals surface area contributed by atoms with E-state index in [1.807, 2.05) is 6.07 Å². The molecule has 0 spiro atoms. The summed E-state index contributed by atoms with van der Waals surface area (Å²) in [5, 5.41) is 4.67. The molecule has 0 aliphatic rings. The van der Waals surface area contributed by atoms with Crippen LogP contribution in [0.1, 0.15) is 16.7 Å². The van der Waals surface area contributed by atoms with Crippen LogP contribution < -0.4 is 5.32 Å². The summed E-state index contributed by atoms with van der Waals surface area (Å²) in [6.45, 7) is 6.35. The van der Waals surface area contributed by atoms with Gasteiger partial charge in [-0.3, -0.25) is 0 Å². The van der Waals surface area contributed by atoms with Crippen LogP contribution in [0, 0.1) is 20.8 Å². The Bertz CT molecular complexity index is 761. The van der Waals surface area contributed by atoms with E-state index in [1.54, 1.807) is 0 Å². The highest BCUT2D eigenvalue weighted by molar-refractivity contribution is 5.85. The number of para-hydroxylation sites is 2. The first kappa shape index (κ1) is 15.3. The third kappa shape index (κ3) is 3.01. The van der Waals surface area contributed by atoms with E-state index in [0.717, 1.165) is 17.0 Å². The van der Waals surface area contributed by atoms with Gasteiger partial charge in [-0.2, -0.15) is 0 Å². The highest BCUT2D eigenvalue weighted by atomic mass is 35.5. The Kier molecular flexibility index (Phi) is 4.49.